The molecule has 0 unspecified atom stereocenters. The molecule has 100 valence electrons. The van der Waals surface area contributed by atoms with Gasteiger partial charge >= 0.3 is 0 Å². The van der Waals surface area contributed by atoms with Gasteiger partial charge in [-0.25, -0.2) is 0 Å². The highest BCUT2D eigenvalue weighted by molar-refractivity contribution is 6.94. The summed E-state index contributed by atoms with van der Waals surface area (Å²) in [6.45, 7) is 14.0. The lowest BCUT2D eigenvalue weighted by Crippen LogP contribution is -2.35. The minimum Gasteiger partial charge on any atom is -0.290 e. The number of ketones is 1. The van der Waals surface area contributed by atoms with Gasteiger partial charge in [0, 0.05) is 0 Å². The summed E-state index contributed by atoms with van der Waals surface area (Å²) in [6.07, 6.45) is 4.88. The van der Waals surface area contributed by atoms with E-state index in [-0.39, 0.29) is 0 Å². The van der Waals surface area contributed by atoms with Gasteiger partial charge in [0.05, 0.1) is 16.1 Å². The average Bonchev–Trinajstić information content (AvgIpc) is 2.47. The van der Waals surface area contributed by atoms with Gasteiger partial charge in [0.1, 0.15) is 0 Å². The van der Waals surface area contributed by atoms with Crippen molar-refractivity contribution in [1.82, 2.24) is 0 Å². The van der Waals surface area contributed by atoms with Crippen LogP contribution in [0.25, 0.3) is 0 Å². The van der Waals surface area contributed by atoms with Gasteiger partial charge in [0.15, 0.2) is 5.78 Å². The molecule has 0 aliphatic heterocycles. The van der Waals surface area contributed by atoms with Crippen LogP contribution in [0.4, 0.5) is 0 Å². The first-order chi connectivity index (χ1) is 8.14. The number of fused-ring (bicyclic) bond motifs is 1. The predicted molar refractivity (Wildman–Crippen MR) is 84.2 cm³/mol. The quantitative estimate of drug-likeness (QED) is 0.680. The average molecular weight is 279 g/mol. The zero-order chi connectivity index (χ0) is 13.7. The van der Waals surface area contributed by atoms with Gasteiger partial charge in [-0.2, -0.15) is 0 Å². The van der Waals surface area contributed by atoms with Crippen molar-refractivity contribution in [1.29, 1.82) is 0 Å². The van der Waals surface area contributed by atoms with Crippen molar-refractivity contribution in [3.05, 3.63) is 21.5 Å². The molecule has 1 fully saturated rings. The maximum Gasteiger partial charge on any atom is 0.177 e. The van der Waals surface area contributed by atoms with E-state index in [4.69, 9.17) is 0 Å². The molecule has 0 saturated heterocycles. The fourth-order valence-electron chi connectivity index (χ4n) is 3.44. The molecule has 2 aliphatic rings. The minimum atomic E-state index is -1.51. The van der Waals surface area contributed by atoms with Crippen LogP contribution in [0.15, 0.2) is 21.5 Å². The zero-order valence-corrected chi connectivity index (χ0v) is 14.7. The molecule has 0 bridgehead atoms. The van der Waals surface area contributed by atoms with Gasteiger partial charge in [-0.05, 0) is 47.2 Å². The number of hydrogen-bond acceptors (Lipinski definition) is 1. The molecule has 3 heteroatoms. The molecular formula is C15H26OSi2. The molecule has 18 heavy (non-hydrogen) atoms. The Morgan fingerprint density at radius 1 is 0.722 bits per heavy atom. The minimum absolute atomic E-state index is 0.459. The first kappa shape index (κ1) is 14.0. The Hall–Kier alpha value is -0.416. The highest BCUT2D eigenvalue weighted by atomic mass is 28.3. The summed E-state index contributed by atoms with van der Waals surface area (Å²) in [5.41, 5.74) is 2.98. The molecule has 0 aromatic carbocycles. The molecule has 0 heterocycles. The summed E-state index contributed by atoms with van der Waals surface area (Å²) in [6, 6.07) is 0. The molecular weight excluding hydrogens is 252 g/mol. The molecule has 1 nitrogen and oxygen atoms in total. The lowest BCUT2D eigenvalue weighted by Gasteiger charge is -2.22. The van der Waals surface area contributed by atoms with Crippen molar-refractivity contribution >= 4 is 21.9 Å². The molecule has 0 aromatic heterocycles. The standard InChI is InChI=1S/C15H26OSi2/c1-17(2,3)14-11-9-7-8-10-12(11)15(13(14)16)18(4,5)6/h7-10H2,1-6H3. The molecule has 0 atom stereocenters. The van der Waals surface area contributed by atoms with Crippen molar-refractivity contribution < 1.29 is 4.79 Å². The third-order valence-electron chi connectivity index (χ3n) is 4.03. The second-order valence-electron chi connectivity index (χ2n) is 7.74. The largest absolute Gasteiger partial charge is 0.290 e. The highest BCUT2D eigenvalue weighted by Crippen LogP contribution is 2.45. The Morgan fingerprint density at radius 2 is 1.06 bits per heavy atom. The summed E-state index contributed by atoms with van der Waals surface area (Å²) >= 11 is 0. The normalized spacial score (nSPS) is 21.8. The first-order valence-electron chi connectivity index (χ1n) is 7.16. The van der Waals surface area contributed by atoms with Crippen LogP contribution in [-0.4, -0.2) is 21.9 Å². The second-order valence-corrected chi connectivity index (χ2v) is 17.7. The number of carbonyl (C=O) groups is 1. The maximum absolute atomic E-state index is 12.9. The Morgan fingerprint density at radius 3 is 1.33 bits per heavy atom. The zero-order valence-electron chi connectivity index (χ0n) is 12.7. The maximum atomic E-state index is 12.9. The molecule has 0 spiro atoms. The lowest BCUT2D eigenvalue weighted by molar-refractivity contribution is -0.111. The van der Waals surface area contributed by atoms with Crippen LogP contribution in [0.2, 0.25) is 39.3 Å². The van der Waals surface area contributed by atoms with E-state index >= 15 is 0 Å². The Balaban J connectivity index is 2.59. The molecule has 0 radical (unpaired) electrons. The van der Waals surface area contributed by atoms with Gasteiger partial charge in [0.25, 0.3) is 0 Å². The van der Waals surface area contributed by atoms with Crippen molar-refractivity contribution in [3.63, 3.8) is 0 Å². The van der Waals surface area contributed by atoms with E-state index in [0.29, 0.717) is 5.78 Å². The predicted octanol–water partition coefficient (Wildman–Crippen LogP) is 4.49. The lowest BCUT2D eigenvalue weighted by atomic mass is 9.92. The molecule has 1 saturated carbocycles. The Kier molecular flexibility index (Phi) is 3.35. The van der Waals surface area contributed by atoms with Crippen LogP contribution in [0.3, 0.4) is 0 Å². The molecule has 0 N–H and O–H groups in total. The van der Waals surface area contributed by atoms with Crippen molar-refractivity contribution in [2.45, 2.75) is 65.0 Å². The first-order valence-corrected chi connectivity index (χ1v) is 14.2. The third-order valence-corrected chi connectivity index (χ3v) is 8.08. The van der Waals surface area contributed by atoms with E-state index in [1.165, 1.54) is 34.4 Å². The fourth-order valence-corrected chi connectivity index (χ4v) is 7.54. The second kappa shape index (κ2) is 4.31. The summed E-state index contributed by atoms with van der Waals surface area (Å²) in [4.78, 5) is 12.9. The van der Waals surface area contributed by atoms with Crippen molar-refractivity contribution in [3.8, 4) is 0 Å². The number of rotatable bonds is 2. The van der Waals surface area contributed by atoms with Crippen LogP contribution >= 0.6 is 0 Å². The van der Waals surface area contributed by atoms with E-state index in [2.05, 4.69) is 39.3 Å². The topological polar surface area (TPSA) is 17.1 Å². The monoisotopic (exact) mass is 278 g/mol. The van der Waals surface area contributed by atoms with Gasteiger partial charge in [-0.1, -0.05) is 39.3 Å². The number of Topliss-reactive ketones (excluding diaryl/α,β-unsaturated/α-hetero) is 1. The van der Waals surface area contributed by atoms with Crippen molar-refractivity contribution in [2.75, 3.05) is 0 Å². The SMILES string of the molecule is C[Si](C)(C)C1=C2CCCCC2=C([Si](C)(C)C)C1=O. The van der Waals surface area contributed by atoms with Gasteiger partial charge < -0.3 is 0 Å². The number of allylic oxidation sites excluding steroid dienone is 4. The van der Waals surface area contributed by atoms with Gasteiger partial charge in [-0.15, -0.1) is 0 Å². The van der Waals surface area contributed by atoms with E-state index in [1.54, 1.807) is 0 Å². The number of hydrogen-bond donors (Lipinski definition) is 0. The summed E-state index contributed by atoms with van der Waals surface area (Å²) in [5, 5.41) is 2.55. The molecule has 0 amide bonds. The fraction of sp³-hybridized carbons (Fsp3) is 0.667. The molecule has 2 aliphatic carbocycles. The highest BCUT2D eigenvalue weighted by Gasteiger charge is 2.43. The smallest absolute Gasteiger partial charge is 0.177 e. The van der Waals surface area contributed by atoms with Crippen LogP contribution in [0.1, 0.15) is 25.7 Å². The summed E-state index contributed by atoms with van der Waals surface area (Å²) in [7, 11) is -3.01. The third kappa shape index (κ3) is 2.23. The van der Waals surface area contributed by atoms with Gasteiger partial charge in [-0.3, -0.25) is 4.79 Å². The van der Waals surface area contributed by atoms with E-state index < -0.39 is 16.1 Å². The summed E-state index contributed by atoms with van der Waals surface area (Å²) in [5.74, 6) is 0.459. The van der Waals surface area contributed by atoms with E-state index in [9.17, 15) is 4.79 Å². The van der Waals surface area contributed by atoms with E-state index in [1.807, 2.05) is 0 Å². The summed E-state index contributed by atoms with van der Waals surface area (Å²) < 4.78 is 0. The Bertz CT molecular complexity index is 414. The van der Waals surface area contributed by atoms with Crippen LogP contribution in [0, 0.1) is 0 Å². The van der Waals surface area contributed by atoms with E-state index in [0.717, 1.165) is 12.8 Å². The van der Waals surface area contributed by atoms with Crippen LogP contribution in [-0.2, 0) is 4.79 Å². The number of carbonyl (C=O) groups excluding carboxylic acids is 1. The Labute approximate surface area is 113 Å². The van der Waals surface area contributed by atoms with Crippen LogP contribution < -0.4 is 0 Å². The molecule has 0 aromatic rings. The van der Waals surface area contributed by atoms with Gasteiger partial charge in [0.2, 0.25) is 0 Å². The molecule has 2 rings (SSSR count). The van der Waals surface area contributed by atoms with Crippen LogP contribution in [0.5, 0.6) is 0 Å². The van der Waals surface area contributed by atoms with Crippen molar-refractivity contribution in [2.24, 2.45) is 0 Å².